The van der Waals surface area contributed by atoms with Gasteiger partial charge in [0.1, 0.15) is 10.7 Å². The van der Waals surface area contributed by atoms with E-state index in [0.717, 1.165) is 28.7 Å². The minimum Gasteiger partial charge on any atom is -0.379 e. The van der Waals surface area contributed by atoms with Crippen LogP contribution in [-0.4, -0.2) is 52.4 Å². The fourth-order valence-electron chi connectivity index (χ4n) is 3.99. The molecule has 0 spiro atoms. The molecule has 0 radical (unpaired) electrons. The molecule has 41 heavy (non-hydrogen) atoms. The molecule has 1 aliphatic rings. The molecule has 8 nitrogen and oxygen atoms in total. The fourth-order valence-corrected chi connectivity index (χ4v) is 7.87. The molecule has 0 saturated carbocycles. The van der Waals surface area contributed by atoms with Gasteiger partial charge in [-0.3, -0.25) is 4.72 Å². The van der Waals surface area contributed by atoms with E-state index in [0.29, 0.717) is 50.6 Å². The third-order valence-corrected chi connectivity index (χ3v) is 11.0. The van der Waals surface area contributed by atoms with E-state index < -0.39 is 41.7 Å². The number of alkyl halides is 3. The maximum absolute atomic E-state index is 13.0. The normalized spacial score (nSPS) is 15.1. The van der Waals surface area contributed by atoms with Crippen LogP contribution in [0.5, 0.6) is 0 Å². The van der Waals surface area contributed by atoms with Crippen LogP contribution in [0.15, 0.2) is 74.2 Å². The van der Waals surface area contributed by atoms with E-state index in [-0.39, 0.29) is 10.7 Å². The number of hydrogen-bond donors (Lipinski definition) is 1. The predicted molar refractivity (Wildman–Crippen MR) is 150 cm³/mol. The molecule has 1 aliphatic heterocycles. The lowest BCUT2D eigenvalue weighted by molar-refractivity contribution is -0.137. The minimum atomic E-state index is -4.67. The summed E-state index contributed by atoms with van der Waals surface area (Å²) in [5.74, 6) is -0.0108. The van der Waals surface area contributed by atoms with Crippen molar-refractivity contribution in [1.82, 2.24) is 9.29 Å². The van der Waals surface area contributed by atoms with Crippen LogP contribution in [0.3, 0.4) is 0 Å². The summed E-state index contributed by atoms with van der Waals surface area (Å²) in [4.78, 5) is 5.66. The number of aryl methyl sites for hydroxylation is 1. The van der Waals surface area contributed by atoms with Gasteiger partial charge in [0.2, 0.25) is 10.0 Å². The molecule has 1 N–H and O–H groups in total. The number of pyridine rings is 1. The van der Waals surface area contributed by atoms with Gasteiger partial charge in [-0.05, 0) is 67.4 Å². The number of benzene rings is 2. The van der Waals surface area contributed by atoms with E-state index in [1.807, 2.05) is 6.92 Å². The van der Waals surface area contributed by atoms with Crippen LogP contribution < -0.4 is 4.72 Å². The fraction of sp³-hybridized carbons (Fsp3) is 0.346. The summed E-state index contributed by atoms with van der Waals surface area (Å²) < 4.78 is 99.5. The number of nitrogens with zero attached hydrogens (tertiary/aromatic N) is 2. The Bertz CT molecular complexity index is 1600. The van der Waals surface area contributed by atoms with Crippen molar-refractivity contribution >= 4 is 49.2 Å². The van der Waals surface area contributed by atoms with Crippen molar-refractivity contribution in [3.63, 3.8) is 0 Å². The van der Waals surface area contributed by atoms with Gasteiger partial charge >= 0.3 is 6.18 Å². The molecule has 0 unspecified atom stereocenters. The zero-order chi connectivity index (χ0) is 29.8. The highest BCUT2D eigenvalue weighted by atomic mass is 35.5. The Kier molecular flexibility index (Phi) is 9.92. The lowest BCUT2D eigenvalue weighted by atomic mass is 10.2. The van der Waals surface area contributed by atoms with Gasteiger partial charge < -0.3 is 4.74 Å². The summed E-state index contributed by atoms with van der Waals surface area (Å²) in [7, 11) is -7.96. The predicted octanol–water partition coefficient (Wildman–Crippen LogP) is 6.07. The van der Waals surface area contributed by atoms with Crippen LogP contribution in [0.2, 0.25) is 5.02 Å². The number of aromatic nitrogens is 1. The Morgan fingerprint density at radius 1 is 1.02 bits per heavy atom. The van der Waals surface area contributed by atoms with Gasteiger partial charge in [0.15, 0.2) is 0 Å². The van der Waals surface area contributed by atoms with Gasteiger partial charge in [-0.1, -0.05) is 36.7 Å². The van der Waals surface area contributed by atoms with E-state index in [4.69, 9.17) is 16.3 Å². The first-order valence-electron chi connectivity index (χ1n) is 12.6. The number of hydrogen-bond acceptors (Lipinski definition) is 7. The summed E-state index contributed by atoms with van der Waals surface area (Å²) in [6, 6.07) is 11.6. The smallest absolute Gasteiger partial charge is 0.379 e. The molecule has 0 atom stereocenters. The highest BCUT2D eigenvalue weighted by Gasteiger charge is 2.32. The largest absolute Gasteiger partial charge is 0.416 e. The van der Waals surface area contributed by atoms with Crippen molar-refractivity contribution in [2.24, 2.45) is 0 Å². The molecule has 222 valence electrons. The number of nitrogens with one attached hydrogen (secondary N) is 1. The summed E-state index contributed by atoms with van der Waals surface area (Å²) >= 11 is 7.25. The number of morpholine rings is 1. The van der Waals surface area contributed by atoms with E-state index in [1.165, 1.54) is 22.1 Å². The average Bonchev–Trinajstić information content (AvgIpc) is 2.93. The molecule has 1 fully saturated rings. The SMILES string of the molecule is CCCCc1nc(NS(=O)(=O)c2ccc(C(F)(F)F)cc2Cl)ccc1Sc1ccc(S(=O)(=O)N2CCOCC2)cc1. The molecule has 0 aliphatic carbocycles. The second-order valence-electron chi connectivity index (χ2n) is 9.08. The first-order valence-corrected chi connectivity index (χ1v) is 16.7. The van der Waals surface area contributed by atoms with Gasteiger partial charge in [0.05, 0.1) is 34.4 Å². The third kappa shape index (κ3) is 7.73. The van der Waals surface area contributed by atoms with Gasteiger partial charge in [0, 0.05) is 22.9 Å². The summed E-state index contributed by atoms with van der Waals surface area (Å²) in [6.45, 7) is 3.30. The molecular weight excluding hydrogens is 623 g/mol. The van der Waals surface area contributed by atoms with Crippen LogP contribution in [0.1, 0.15) is 31.0 Å². The second kappa shape index (κ2) is 12.9. The van der Waals surface area contributed by atoms with E-state index >= 15 is 0 Å². The highest BCUT2D eigenvalue weighted by molar-refractivity contribution is 7.99. The molecule has 2 heterocycles. The maximum atomic E-state index is 13.0. The zero-order valence-corrected chi connectivity index (χ0v) is 25.0. The second-order valence-corrected chi connectivity index (χ2v) is 14.2. The van der Waals surface area contributed by atoms with Crippen LogP contribution in [0.25, 0.3) is 0 Å². The van der Waals surface area contributed by atoms with Crippen LogP contribution in [0, 0.1) is 0 Å². The average molecular weight is 650 g/mol. The summed E-state index contributed by atoms with van der Waals surface area (Å²) in [6.07, 6.45) is -2.49. The lowest BCUT2D eigenvalue weighted by Gasteiger charge is -2.26. The number of sulfonamides is 2. The molecule has 3 aromatic rings. The zero-order valence-electron chi connectivity index (χ0n) is 21.8. The van der Waals surface area contributed by atoms with E-state index in [2.05, 4.69) is 9.71 Å². The number of unbranched alkanes of at least 4 members (excludes halogenated alkanes) is 1. The van der Waals surface area contributed by atoms with Crippen molar-refractivity contribution < 1.29 is 34.7 Å². The van der Waals surface area contributed by atoms with Crippen molar-refractivity contribution in [1.29, 1.82) is 0 Å². The third-order valence-electron chi connectivity index (χ3n) is 6.15. The number of anilines is 1. The molecule has 2 aromatic carbocycles. The molecule has 15 heteroatoms. The Labute approximate surface area is 246 Å². The summed E-state index contributed by atoms with van der Waals surface area (Å²) in [5.41, 5.74) is -0.449. The Hall–Kier alpha value is -2.36. The van der Waals surface area contributed by atoms with Gasteiger partial charge in [-0.15, -0.1) is 0 Å². The number of halogens is 4. The molecule has 1 saturated heterocycles. The number of ether oxygens (including phenoxy) is 1. The Balaban J connectivity index is 1.54. The van der Waals surface area contributed by atoms with Crippen LogP contribution >= 0.6 is 23.4 Å². The lowest BCUT2D eigenvalue weighted by Crippen LogP contribution is -2.40. The monoisotopic (exact) mass is 649 g/mol. The van der Waals surface area contributed by atoms with Crippen molar-refractivity contribution in [3.05, 3.63) is 70.9 Å². The number of rotatable bonds is 10. The minimum absolute atomic E-state index is 0.0108. The van der Waals surface area contributed by atoms with E-state index in [1.54, 1.807) is 30.3 Å². The van der Waals surface area contributed by atoms with Gasteiger partial charge in [-0.25, -0.2) is 21.8 Å². The summed E-state index contributed by atoms with van der Waals surface area (Å²) in [5, 5.41) is -0.565. The molecular formula is C26H27ClF3N3O5S3. The molecule has 0 bridgehead atoms. The first kappa shape index (κ1) is 31.6. The van der Waals surface area contributed by atoms with Gasteiger partial charge in [-0.2, -0.15) is 17.5 Å². The van der Waals surface area contributed by atoms with Crippen LogP contribution in [-0.2, 0) is 37.4 Å². The Morgan fingerprint density at radius 2 is 1.71 bits per heavy atom. The first-order chi connectivity index (χ1) is 19.3. The quantitative estimate of drug-likeness (QED) is 0.284. The van der Waals surface area contributed by atoms with Gasteiger partial charge in [0.25, 0.3) is 10.0 Å². The van der Waals surface area contributed by atoms with Crippen molar-refractivity contribution in [3.8, 4) is 0 Å². The molecule has 1 aromatic heterocycles. The van der Waals surface area contributed by atoms with Crippen LogP contribution in [0.4, 0.5) is 19.0 Å². The topological polar surface area (TPSA) is 106 Å². The maximum Gasteiger partial charge on any atom is 0.416 e. The Morgan fingerprint density at radius 3 is 2.32 bits per heavy atom. The van der Waals surface area contributed by atoms with Crippen molar-refractivity contribution in [2.75, 3.05) is 31.0 Å². The highest BCUT2D eigenvalue weighted by Crippen LogP contribution is 2.35. The molecule has 0 amide bonds. The standard InChI is InChI=1S/C26H27ClF3N3O5S3/c1-2-3-4-22-23(39-19-6-8-20(9-7-19)41(36,37)33-13-15-38-16-14-33)10-12-25(31-22)32-40(34,35)24-11-5-18(17-21(24)27)26(28,29)30/h5-12,17H,2-4,13-16H2,1H3,(H,31,32). The molecule has 4 rings (SSSR count). The van der Waals surface area contributed by atoms with E-state index in [9.17, 15) is 30.0 Å². The van der Waals surface area contributed by atoms with Crippen molar-refractivity contribution in [2.45, 2.75) is 51.9 Å².